The number of nitrogens with zero attached hydrogens (tertiary/aromatic N) is 4. The lowest BCUT2D eigenvalue weighted by Gasteiger charge is -2.25. The van der Waals surface area contributed by atoms with Gasteiger partial charge >= 0.3 is 0 Å². The third-order valence-electron chi connectivity index (χ3n) is 5.09. The van der Waals surface area contributed by atoms with Crippen molar-refractivity contribution in [2.24, 2.45) is 0 Å². The van der Waals surface area contributed by atoms with Crippen molar-refractivity contribution in [3.63, 3.8) is 0 Å². The molecule has 0 N–H and O–H groups in total. The van der Waals surface area contributed by atoms with Gasteiger partial charge in [-0.1, -0.05) is 43.3 Å². The maximum atomic E-state index is 12.6. The molecular formula is C22H26N4O. The van der Waals surface area contributed by atoms with Crippen molar-refractivity contribution in [3.8, 4) is 5.69 Å². The van der Waals surface area contributed by atoms with Crippen LogP contribution in [0, 0.1) is 0 Å². The third-order valence-corrected chi connectivity index (χ3v) is 5.09. The Labute approximate surface area is 160 Å². The number of amides is 1. The van der Waals surface area contributed by atoms with E-state index in [9.17, 15) is 4.79 Å². The minimum absolute atomic E-state index is 0.0183. The van der Waals surface area contributed by atoms with Crippen molar-refractivity contribution < 1.29 is 4.79 Å². The minimum Gasteiger partial charge on any atom is -0.339 e. The number of rotatable bonds is 7. The topological polar surface area (TPSA) is 51.0 Å². The predicted molar refractivity (Wildman–Crippen MR) is 107 cm³/mol. The van der Waals surface area contributed by atoms with Crippen LogP contribution in [0.1, 0.15) is 43.0 Å². The highest BCUT2D eigenvalue weighted by molar-refractivity contribution is 5.76. The van der Waals surface area contributed by atoms with Crippen LogP contribution < -0.4 is 0 Å². The summed E-state index contributed by atoms with van der Waals surface area (Å²) in [6.07, 6.45) is 5.50. The van der Waals surface area contributed by atoms with E-state index >= 15 is 0 Å². The lowest BCUT2D eigenvalue weighted by atomic mass is 10.0. The van der Waals surface area contributed by atoms with Crippen LogP contribution in [0.4, 0.5) is 0 Å². The fraction of sp³-hybridized carbons (Fsp3) is 0.318. The summed E-state index contributed by atoms with van der Waals surface area (Å²) in [5.74, 6) is 0.155. The first-order valence-electron chi connectivity index (χ1n) is 9.37. The van der Waals surface area contributed by atoms with Gasteiger partial charge in [0, 0.05) is 13.5 Å². The Balaban J connectivity index is 1.58. The fourth-order valence-corrected chi connectivity index (χ4v) is 3.06. The highest BCUT2D eigenvalue weighted by atomic mass is 16.2. The number of benzene rings is 2. The van der Waals surface area contributed by atoms with Crippen LogP contribution >= 0.6 is 0 Å². The first-order valence-corrected chi connectivity index (χ1v) is 9.37. The van der Waals surface area contributed by atoms with Crippen LogP contribution in [0.5, 0.6) is 0 Å². The maximum Gasteiger partial charge on any atom is 0.223 e. The van der Waals surface area contributed by atoms with Gasteiger partial charge < -0.3 is 4.90 Å². The number of hydrogen-bond donors (Lipinski definition) is 0. The Morgan fingerprint density at radius 1 is 1.07 bits per heavy atom. The van der Waals surface area contributed by atoms with Crippen LogP contribution in [0.3, 0.4) is 0 Å². The molecule has 3 aromatic rings. The number of aromatic nitrogens is 3. The third kappa shape index (κ3) is 4.61. The number of carbonyl (C=O) groups excluding carboxylic acids is 1. The second-order valence-electron chi connectivity index (χ2n) is 6.78. The molecule has 0 unspecified atom stereocenters. The molecule has 0 saturated carbocycles. The smallest absolute Gasteiger partial charge is 0.223 e. The van der Waals surface area contributed by atoms with Gasteiger partial charge in [-0.3, -0.25) is 4.79 Å². The highest BCUT2D eigenvalue weighted by Gasteiger charge is 2.17. The standard InChI is InChI=1S/C22H26N4O/c1-4-18-5-7-19(8-6-18)9-14-22(27)25(3)17(2)20-10-12-21(13-11-20)26-16-23-15-24-26/h5-8,10-13,15-17H,4,9,14H2,1-3H3/t17-/m1/s1. The summed E-state index contributed by atoms with van der Waals surface area (Å²) in [7, 11) is 1.87. The van der Waals surface area contributed by atoms with E-state index in [4.69, 9.17) is 0 Å². The minimum atomic E-state index is 0.0183. The van der Waals surface area contributed by atoms with Gasteiger partial charge in [-0.25, -0.2) is 9.67 Å². The summed E-state index contributed by atoms with van der Waals surface area (Å²) in [4.78, 5) is 18.4. The van der Waals surface area contributed by atoms with Gasteiger partial charge in [-0.2, -0.15) is 5.10 Å². The number of hydrogen-bond acceptors (Lipinski definition) is 3. The maximum absolute atomic E-state index is 12.6. The van der Waals surface area contributed by atoms with Gasteiger partial charge in [0.15, 0.2) is 0 Å². The van der Waals surface area contributed by atoms with Crippen LogP contribution in [-0.4, -0.2) is 32.6 Å². The van der Waals surface area contributed by atoms with Crippen molar-refractivity contribution in [2.75, 3.05) is 7.05 Å². The predicted octanol–water partition coefficient (Wildman–Crippen LogP) is 3.98. The molecule has 1 aromatic heterocycles. The molecule has 0 radical (unpaired) electrons. The fourth-order valence-electron chi connectivity index (χ4n) is 3.06. The molecule has 1 amide bonds. The lowest BCUT2D eigenvalue weighted by Crippen LogP contribution is -2.29. The first-order chi connectivity index (χ1) is 13.1. The molecule has 5 heteroatoms. The molecule has 5 nitrogen and oxygen atoms in total. The van der Waals surface area contributed by atoms with Gasteiger partial charge in [-0.15, -0.1) is 0 Å². The average molecular weight is 362 g/mol. The molecule has 3 rings (SSSR count). The molecule has 0 aliphatic carbocycles. The molecule has 1 heterocycles. The highest BCUT2D eigenvalue weighted by Crippen LogP contribution is 2.21. The SMILES string of the molecule is CCc1ccc(CCC(=O)N(C)[C@H](C)c2ccc(-n3cncn3)cc2)cc1. The first kappa shape index (κ1) is 18.8. The molecule has 0 fully saturated rings. The Hall–Kier alpha value is -2.95. The molecule has 0 aliphatic rings. The number of aryl methyl sites for hydroxylation is 2. The van der Waals surface area contributed by atoms with Crippen molar-refractivity contribution in [2.45, 2.75) is 39.2 Å². The van der Waals surface area contributed by atoms with E-state index in [1.165, 1.54) is 17.5 Å². The zero-order valence-electron chi connectivity index (χ0n) is 16.2. The van der Waals surface area contributed by atoms with Gasteiger partial charge in [0.05, 0.1) is 11.7 Å². The lowest BCUT2D eigenvalue weighted by molar-refractivity contribution is -0.131. The molecule has 2 aromatic carbocycles. The normalized spacial score (nSPS) is 12.0. The van der Waals surface area contributed by atoms with Gasteiger partial charge in [0.1, 0.15) is 12.7 Å². The average Bonchev–Trinajstić information content (AvgIpc) is 3.26. The van der Waals surface area contributed by atoms with Crippen molar-refractivity contribution in [1.29, 1.82) is 0 Å². The van der Waals surface area contributed by atoms with E-state index in [2.05, 4.69) is 48.2 Å². The molecule has 140 valence electrons. The van der Waals surface area contributed by atoms with E-state index < -0.39 is 0 Å². The molecule has 1 atom stereocenters. The van der Waals surface area contributed by atoms with Crippen LogP contribution in [0.25, 0.3) is 5.69 Å². The van der Waals surface area contributed by atoms with Crippen LogP contribution in [0.15, 0.2) is 61.2 Å². The van der Waals surface area contributed by atoms with Gasteiger partial charge in [-0.05, 0) is 48.6 Å². The molecule has 0 saturated heterocycles. The van der Waals surface area contributed by atoms with Crippen LogP contribution in [-0.2, 0) is 17.6 Å². The molecule has 0 spiro atoms. The Kier molecular flexibility index (Phi) is 6.01. The Morgan fingerprint density at radius 3 is 2.33 bits per heavy atom. The summed E-state index contributed by atoms with van der Waals surface area (Å²) in [5, 5.41) is 4.13. The quantitative estimate of drug-likeness (QED) is 0.639. The summed E-state index contributed by atoms with van der Waals surface area (Å²) in [5.41, 5.74) is 4.58. The van der Waals surface area contributed by atoms with E-state index in [1.807, 2.05) is 36.2 Å². The van der Waals surface area contributed by atoms with E-state index in [0.717, 1.165) is 24.1 Å². The molecule has 0 bridgehead atoms. The summed E-state index contributed by atoms with van der Waals surface area (Å²) >= 11 is 0. The van der Waals surface area contributed by atoms with Crippen molar-refractivity contribution in [1.82, 2.24) is 19.7 Å². The second kappa shape index (κ2) is 8.62. The second-order valence-corrected chi connectivity index (χ2v) is 6.78. The molecular weight excluding hydrogens is 336 g/mol. The Morgan fingerprint density at radius 2 is 1.74 bits per heavy atom. The van der Waals surface area contributed by atoms with Crippen molar-refractivity contribution >= 4 is 5.91 Å². The largest absolute Gasteiger partial charge is 0.339 e. The van der Waals surface area contributed by atoms with E-state index in [1.54, 1.807) is 11.0 Å². The molecule has 27 heavy (non-hydrogen) atoms. The van der Waals surface area contributed by atoms with E-state index in [-0.39, 0.29) is 11.9 Å². The zero-order chi connectivity index (χ0) is 19.2. The van der Waals surface area contributed by atoms with Crippen LogP contribution in [0.2, 0.25) is 0 Å². The van der Waals surface area contributed by atoms with Gasteiger partial charge in [0.25, 0.3) is 0 Å². The van der Waals surface area contributed by atoms with Crippen molar-refractivity contribution in [3.05, 3.63) is 77.9 Å². The summed E-state index contributed by atoms with van der Waals surface area (Å²) in [6.45, 7) is 4.20. The number of carbonyl (C=O) groups is 1. The monoisotopic (exact) mass is 362 g/mol. The Bertz CT molecular complexity index is 854. The molecule has 0 aliphatic heterocycles. The zero-order valence-corrected chi connectivity index (χ0v) is 16.2. The van der Waals surface area contributed by atoms with E-state index in [0.29, 0.717) is 6.42 Å². The van der Waals surface area contributed by atoms with Gasteiger partial charge in [0.2, 0.25) is 5.91 Å². The summed E-state index contributed by atoms with van der Waals surface area (Å²) < 4.78 is 1.72. The summed E-state index contributed by atoms with van der Waals surface area (Å²) in [6, 6.07) is 16.6.